The van der Waals surface area contributed by atoms with Crippen molar-refractivity contribution in [3.8, 4) is 23.1 Å². The molecule has 0 fully saturated rings. The molecule has 0 N–H and O–H groups in total. The summed E-state index contributed by atoms with van der Waals surface area (Å²) in [5, 5.41) is 3.78. The molecule has 0 bridgehead atoms. The van der Waals surface area contributed by atoms with Gasteiger partial charge >= 0.3 is 0 Å². The lowest BCUT2D eigenvalue weighted by molar-refractivity contribution is 0.447. The minimum atomic E-state index is 0.469. The Morgan fingerprint density at radius 2 is 1.50 bits per heavy atom. The van der Waals surface area contributed by atoms with Crippen LogP contribution in [0.5, 0.6) is 23.1 Å². The highest BCUT2D eigenvalue weighted by Crippen LogP contribution is 2.44. The Morgan fingerprint density at radius 3 is 2.30 bits per heavy atom. The van der Waals surface area contributed by atoms with Crippen molar-refractivity contribution in [2.45, 2.75) is 0 Å². The van der Waals surface area contributed by atoms with Crippen LogP contribution in [0.15, 0.2) is 118 Å². The number of aromatic nitrogens is 1. The van der Waals surface area contributed by atoms with Crippen LogP contribution >= 0.6 is 0 Å². The van der Waals surface area contributed by atoms with Crippen LogP contribution in [0.2, 0.25) is 0 Å². The Bertz CT molecular complexity index is 2080. The van der Waals surface area contributed by atoms with Crippen molar-refractivity contribution < 1.29 is 18.3 Å². The molecule has 4 heterocycles. The summed E-state index contributed by atoms with van der Waals surface area (Å²) >= 11 is 0. The summed E-state index contributed by atoms with van der Waals surface area (Å²) in [6.45, 7) is 0.736. The zero-order chi connectivity index (χ0) is 26.6. The van der Waals surface area contributed by atoms with E-state index in [2.05, 4.69) is 39.2 Å². The Hall–Kier alpha value is -5.43. The predicted molar refractivity (Wildman–Crippen MR) is 156 cm³/mol. The van der Waals surface area contributed by atoms with Crippen LogP contribution in [-0.4, -0.2) is 23.6 Å². The van der Waals surface area contributed by atoms with Crippen molar-refractivity contribution in [3.05, 3.63) is 110 Å². The van der Waals surface area contributed by atoms with E-state index in [1.165, 1.54) is 0 Å². The van der Waals surface area contributed by atoms with Crippen LogP contribution < -0.4 is 14.4 Å². The molecular weight excluding hydrogens is 502 g/mol. The van der Waals surface area contributed by atoms with Crippen LogP contribution in [0.1, 0.15) is 0 Å². The first-order valence-corrected chi connectivity index (χ1v) is 13.0. The van der Waals surface area contributed by atoms with E-state index in [4.69, 9.17) is 18.3 Å². The first kappa shape index (κ1) is 22.5. The Labute approximate surface area is 229 Å². The number of benzene rings is 4. The molecular formula is C33H23N3O4. The van der Waals surface area contributed by atoms with Gasteiger partial charge in [-0.2, -0.15) is 0 Å². The third kappa shape index (κ3) is 3.71. The number of fused-ring (bicyclic) bond motifs is 6. The SMILES string of the molecule is CN1C=CN(c2cc(Oc3cc(Oc4ccccn4)c4oc5ccccc5c4c3)c3c(c2)oc2ccccc23)C1. The van der Waals surface area contributed by atoms with Crippen LogP contribution in [0.3, 0.4) is 0 Å². The van der Waals surface area contributed by atoms with E-state index in [1.54, 1.807) is 6.20 Å². The second-order valence-corrected chi connectivity index (χ2v) is 9.85. The van der Waals surface area contributed by atoms with Gasteiger partial charge in [-0.25, -0.2) is 4.98 Å². The van der Waals surface area contributed by atoms with Gasteiger partial charge in [0.25, 0.3) is 0 Å². The average Bonchev–Trinajstić information content (AvgIpc) is 3.68. The number of para-hydroxylation sites is 2. The highest BCUT2D eigenvalue weighted by molar-refractivity contribution is 6.10. The molecule has 7 heteroatoms. The molecule has 0 saturated heterocycles. The van der Waals surface area contributed by atoms with Crippen LogP contribution in [0, 0.1) is 0 Å². The Kier molecular flexibility index (Phi) is 4.97. The van der Waals surface area contributed by atoms with E-state index < -0.39 is 0 Å². The van der Waals surface area contributed by atoms with Gasteiger partial charge in [0.2, 0.25) is 5.88 Å². The molecule has 0 aliphatic carbocycles. The number of hydrogen-bond acceptors (Lipinski definition) is 7. The van der Waals surface area contributed by atoms with Crippen molar-refractivity contribution in [2.75, 3.05) is 18.6 Å². The highest BCUT2D eigenvalue weighted by Gasteiger charge is 2.21. The molecule has 7 nitrogen and oxygen atoms in total. The molecule has 7 aromatic rings. The summed E-state index contributed by atoms with van der Waals surface area (Å²) in [7, 11) is 2.04. The van der Waals surface area contributed by atoms with Gasteiger partial charge in [0, 0.05) is 71.8 Å². The number of anilines is 1. The molecule has 0 spiro atoms. The maximum absolute atomic E-state index is 6.72. The largest absolute Gasteiger partial charge is 0.456 e. The van der Waals surface area contributed by atoms with Gasteiger partial charge in [-0.1, -0.05) is 42.5 Å². The number of nitrogens with zero attached hydrogens (tertiary/aromatic N) is 3. The summed E-state index contributed by atoms with van der Waals surface area (Å²) in [6.07, 6.45) is 5.79. The molecule has 1 aliphatic heterocycles. The normalized spacial score (nSPS) is 13.3. The fourth-order valence-corrected chi connectivity index (χ4v) is 5.30. The number of furan rings is 2. The van der Waals surface area contributed by atoms with Crippen molar-refractivity contribution in [1.29, 1.82) is 0 Å². The van der Waals surface area contributed by atoms with E-state index in [9.17, 15) is 0 Å². The van der Waals surface area contributed by atoms with Crippen LogP contribution in [0.4, 0.5) is 5.69 Å². The molecule has 0 saturated carbocycles. The van der Waals surface area contributed by atoms with E-state index in [-0.39, 0.29) is 0 Å². The molecule has 40 heavy (non-hydrogen) atoms. The predicted octanol–water partition coefficient (Wildman–Crippen LogP) is 8.65. The number of ether oxygens (including phenoxy) is 2. The minimum Gasteiger partial charge on any atom is -0.456 e. The molecule has 8 rings (SSSR count). The lowest BCUT2D eigenvalue weighted by atomic mass is 10.1. The summed E-state index contributed by atoms with van der Waals surface area (Å²) in [5.74, 6) is 2.30. The second kappa shape index (κ2) is 8.81. The fourth-order valence-electron chi connectivity index (χ4n) is 5.30. The zero-order valence-electron chi connectivity index (χ0n) is 21.6. The standard InChI is InChI=1S/C33H23N3O4/c1-35-14-15-36(20-35)21-16-28(32-24-9-3-5-11-27(24)38-29(32)17-21)37-22-18-25-23-8-2-4-10-26(23)40-33(25)30(19-22)39-31-12-6-7-13-34-31/h2-19H,20H2,1H3. The van der Waals surface area contributed by atoms with Crippen LogP contribution in [0.25, 0.3) is 43.9 Å². The van der Waals surface area contributed by atoms with E-state index in [1.807, 2.05) is 86.0 Å². The number of rotatable bonds is 5. The molecule has 3 aromatic heterocycles. The van der Waals surface area contributed by atoms with Gasteiger partial charge in [-0.15, -0.1) is 0 Å². The highest BCUT2D eigenvalue weighted by atomic mass is 16.5. The Balaban J connectivity index is 1.32. The van der Waals surface area contributed by atoms with E-state index in [0.717, 1.165) is 50.7 Å². The van der Waals surface area contributed by atoms with Crippen molar-refractivity contribution in [3.63, 3.8) is 0 Å². The lowest BCUT2D eigenvalue weighted by Gasteiger charge is -2.19. The third-order valence-corrected chi connectivity index (χ3v) is 7.13. The minimum absolute atomic E-state index is 0.469. The third-order valence-electron chi connectivity index (χ3n) is 7.13. The number of pyridine rings is 1. The topological polar surface area (TPSA) is 64.1 Å². The van der Waals surface area contributed by atoms with Gasteiger partial charge < -0.3 is 28.1 Å². The van der Waals surface area contributed by atoms with Crippen molar-refractivity contribution in [1.82, 2.24) is 9.88 Å². The van der Waals surface area contributed by atoms with E-state index >= 15 is 0 Å². The first-order chi connectivity index (χ1) is 19.7. The molecule has 0 unspecified atom stereocenters. The molecule has 1 aliphatic rings. The molecule has 194 valence electrons. The second-order valence-electron chi connectivity index (χ2n) is 9.85. The summed E-state index contributed by atoms with van der Waals surface area (Å²) in [6, 6.07) is 29.5. The summed E-state index contributed by atoms with van der Waals surface area (Å²) < 4.78 is 25.5. The lowest BCUT2D eigenvalue weighted by Crippen LogP contribution is -2.21. The maximum atomic E-state index is 6.72. The molecule has 4 aromatic carbocycles. The molecule has 0 atom stereocenters. The van der Waals surface area contributed by atoms with Gasteiger partial charge in [0.05, 0.1) is 12.1 Å². The summed E-state index contributed by atoms with van der Waals surface area (Å²) in [5.41, 5.74) is 3.95. The average molecular weight is 526 g/mol. The fraction of sp³-hybridized carbons (Fsp3) is 0.0606. The first-order valence-electron chi connectivity index (χ1n) is 13.0. The van der Waals surface area contributed by atoms with E-state index in [0.29, 0.717) is 28.7 Å². The van der Waals surface area contributed by atoms with Gasteiger partial charge in [-0.05, 0) is 24.3 Å². The molecule has 0 radical (unpaired) electrons. The van der Waals surface area contributed by atoms with Crippen LogP contribution in [-0.2, 0) is 0 Å². The monoisotopic (exact) mass is 525 g/mol. The maximum Gasteiger partial charge on any atom is 0.219 e. The van der Waals surface area contributed by atoms with Crippen molar-refractivity contribution in [2.24, 2.45) is 0 Å². The zero-order valence-corrected chi connectivity index (χ0v) is 21.6. The Morgan fingerprint density at radius 1 is 0.700 bits per heavy atom. The van der Waals surface area contributed by atoms with Gasteiger partial charge in [-0.3, -0.25) is 0 Å². The van der Waals surface area contributed by atoms with Gasteiger partial charge in [0.15, 0.2) is 11.3 Å². The number of hydrogen-bond donors (Lipinski definition) is 0. The summed E-state index contributed by atoms with van der Waals surface area (Å²) in [4.78, 5) is 8.61. The van der Waals surface area contributed by atoms with Crippen molar-refractivity contribution >= 4 is 49.6 Å². The smallest absolute Gasteiger partial charge is 0.219 e. The van der Waals surface area contributed by atoms with Gasteiger partial charge in [0.1, 0.15) is 28.2 Å². The molecule has 0 amide bonds. The quantitative estimate of drug-likeness (QED) is 0.223.